The van der Waals surface area contributed by atoms with Crippen molar-refractivity contribution in [3.8, 4) is 0 Å². The summed E-state index contributed by atoms with van der Waals surface area (Å²) in [6.07, 6.45) is 28.0. The van der Waals surface area contributed by atoms with Crippen molar-refractivity contribution < 1.29 is 28.4 Å². The van der Waals surface area contributed by atoms with Crippen molar-refractivity contribution in [3.05, 3.63) is 0 Å². The summed E-state index contributed by atoms with van der Waals surface area (Å²) in [6, 6.07) is 0. The van der Waals surface area contributed by atoms with Gasteiger partial charge in [-0.25, -0.2) is 0 Å². The molecule has 0 aliphatic carbocycles. The molecule has 0 saturated carbocycles. The first-order chi connectivity index (χ1) is 20.1. The Balaban J connectivity index is 3.23. The second-order valence-electron chi connectivity index (χ2n) is 10.9. The van der Waals surface area contributed by atoms with Gasteiger partial charge in [-0.15, -0.1) is 0 Å². The van der Waals surface area contributed by atoms with Gasteiger partial charge in [0.25, 0.3) is 11.9 Å². The maximum absolute atomic E-state index is 5.35. The molecule has 9 heteroatoms. The fraction of sp³-hybridized carbons (Fsp3) is 1.00. The van der Waals surface area contributed by atoms with E-state index in [1.807, 2.05) is 9.83 Å². The van der Waals surface area contributed by atoms with Crippen LogP contribution in [0.25, 0.3) is 0 Å². The van der Waals surface area contributed by atoms with Crippen molar-refractivity contribution in [2.75, 3.05) is 54.2 Å². The van der Waals surface area contributed by atoms with Crippen LogP contribution in [0.1, 0.15) is 141 Å². The zero-order valence-electron chi connectivity index (χ0n) is 27.6. The van der Waals surface area contributed by atoms with Crippen LogP contribution in [0.5, 0.6) is 0 Å². The van der Waals surface area contributed by atoms with Crippen molar-refractivity contribution in [3.63, 3.8) is 0 Å². The van der Waals surface area contributed by atoms with Crippen molar-refractivity contribution in [1.82, 2.24) is 0 Å². The molecule has 0 heterocycles. The summed E-state index contributed by atoms with van der Waals surface area (Å²) >= 11 is 0. The Labute approximate surface area is 266 Å². The summed E-state index contributed by atoms with van der Waals surface area (Å²) in [5.41, 5.74) is 0. The maximum atomic E-state index is 5.35. The summed E-state index contributed by atoms with van der Waals surface area (Å²) in [6.45, 7) is 0. The number of ether oxygens (including phenoxy) is 6. The van der Waals surface area contributed by atoms with Crippen molar-refractivity contribution in [1.29, 1.82) is 0 Å². The molecular weight excluding hydrogens is 577 g/mol. The lowest BCUT2D eigenvalue weighted by Gasteiger charge is -2.28. The largest absolute Gasteiger partial charge is 0.331 e. The molecule has 0 aromatic rings. The average Bonchev–Trinajstić information content (AvgIpc) is 3.01. The Kier molecular flexibility index (Phi) is 31.4. The van der Waals surface area contributed by atoms with Crippen LogP contribution >= 0.6 is 31.4 Å². The van der Waals surface area contributed by atoms with E-state index in [0.29, 0.717) is 0 Å². The lowest BCUT2D eigenvalue weighted by Crippen LogP contribution is -2.35. The smallest absolute Gasteiger partial charge is 0.282 e. The molecule has 0 aliphatic rings. The van der Waals surface area contributed by atoms with Gasteiger partial charge in [0, 0.05) is 67.0 Å². The third-order valence-electron chi connectivity index (χ3n) is 7.88. The van der Waals surface area contributed by atoms with E-state index < -0.39 is 11.9 Å². The Morgan fingerprint density at radius 2 is 0.537 bits per heavy atom. The van der Waals surface area contributed by atoms with Crippen molar-refractivity contribution >= 4 is 31.4 Å². The predicted molar refractivity (Wildman–Crippen MR) is 182 cm³/mol. The molecule has 0 bridgehead atoms. The molecule has 0 spiro atoms. The third-order valence-corrected chi connectivity index (χ3v) is 12.3. The highest BCUT2D eigenvalue weighted by Crippen LogP contribution is 2.36. The Bertz CT molecular complexity index is 461. The fourth-order valence-corrected chi connectivity index (χ4v) is 9.05. The normalized spacial score (nSPS) is 12.4. The molecule has 0 rings (SSSR count). The second-order valence-corrected chi connectivity index (χ2v) is 15.3. The van der Waals surface area contributed by atoms with Gasteiger partial charge in [-0.1, -0.05) is 124 Å². The highest BCUT2D eigenvalue weighted by atomic mass is 33.5. The monoisotopic (exact) mass is 642 g/mol. The van der Waals surface area contributed by atoms with Crippen LogP contribution in [-0.4, -0.2) is 66.1 Å². The molecule has 248 valence electrons. The van der Waals surface area contributed by atoms with Crippen LogP contribution in [0.15, 0.2) is 0 Å². The van der Waals surface area contributed by atoms with Crippen LogP contribution in [0.3, 0.4) is 0 Å². The topological polar surface area (TPSA) is 55.4 Å². The third kappa shape index (κ3) is 23.8. The SMILES string of the molecule is COC(CCCCCCCCCCCCSSSCCCCCCCCCCCCC(OC)(OC)OC)(OC)OC. The molecule has 0 unspecified atom stereocenters. The molecule has 0 saturated heterocycles. The highest BCUT2D eigenvalue weighted by molar-refractivity contribution is 9.09. The number of methoxy groups -OCH3 is 6. The fourth-order valence-electron chi connectivity index (χ4n) is 5.05. The molecule has 0 N–H and O–H groups in total. The Hall–Kier alpha value is 0.810. The zero-order chi connectivity index (χ0) is 30.3. The summed E-state index contributed by atoms with van der Waals surface area (Å²) in [5, 5.41) is 0. The van der Waals surface area contributed by atoms with E-state index in [2.05, 4.69) is 21.6 Å². The summed E-state index contributed by atoms with van der Waals surface area (Å²) < 4.78 is 32.1. The molecule has 0 aromatic heterocycles. The predicted octanol–water partition coefficient (Wildman–Crippen LogP) is 10.8. The zero-order valence-corrected chi connectivity index (χ0v) is 30.1. The molecule has 0 fully saturated rings. The first-order valence-electron chi connectivity index (χ1n) is 16.3. The van der Waals surface area contributed by atoms with Gasteiger partial charge in [0.2, 0.25) is 0 Å². The van der Waals surface area contributed by atoms with E-state index in [4.69, 9.17) is 28.4 Å². The molecule has 0 atom stereocenters. The van der Waals surface area contributed by atoms with Gasteiger partial charge in [-0.2, -0.15) is 0 Å². The molecule has 6 nitrogen and oxygen atoms in total. The number of hydrogen-bond donors (Lipinski definition) is 0. The lowest BCUT2D eigenvalue weighted by molar-refractivity contribution is -0.355. The minimum absolute atomic E-state index is 0.788. The summed E-state index contributed by atoms with van der Waals surface area (Å²) in [5.74, 6) is 0.894. The van der Waals surface area contributed by atoms with Gasteiger partial charge in [-0.05, 0) is 35.5 Å². The number of hydrogen-bond acceptors (Lipinski definition) is 9. The van der Waals surface area contributed by atoms with Crippen LogP contribution in [0, 0.1) is 0 Å². The molecular formula is C32H66O6S3. The van der Waals surface area contributed by atoms with Crippen LogP contribution < -0.4 is 0 Å². The van der Waals surface area contributed by atoms with Crippen molar-refractivity contribution in [2.24, 2.45) is 0 Å². The highest BCUT2D eigenvalue weighted by Gasteiger charge is 2.29. The van der Waals surface area contributed by atoms with Gasteiger partial charge >= 0.3 is 0 Å². The van der Waals surface area contributed by atoms with Gasteiger partial charge < -0.3 is 28.4 Å². The molecule has 0 amide bonds. The van der Waals surface area contributed by atoms with E-state index in [0.717, 1.165) is 25.7 Å². The van der Waals surface area contributed by atoms with Gasteiger partial charge in [0.05, 0.1) is 0 Å². The number of rotatable bonds is 34. The standard InChI is InChI=1S/C32H66O6S3/c1-33-31(34-2,35-3)27-23-19-15-11-7-9-13-17-21-25-29-39-41-40-30-26-22-18-14-10-8-12-16-20-24-28-32(36-4,37-5)38-6/h7-30H2,1-6H3. The maximum Gasteiger partial charge on any atom is 0.282 e. The Morgan fingerprint density at radius 3 is 0.780 bits per heavy atom. The van der Waals surface area contributed by atoms with E-state index in [1.54, 1.807) is 42.7 Å². The second kappa shape index (κ2) is 30.8. The van der Waals surface area contributed by atoms with E-state index in [1.165, 1.54) is 127 Å². The van der Waals surface area contributed by atoms with Gasteiger partial charge in [-0.3, -0.25) is 0 Å². The van der Waals surface area contributed by atoms with Crippen molar-refractivity contribution in [2.45, 2.75) is 153 Å². The molecule has 0 aromatic carbocycles. The first-order valence-corrected chi connectivity index (χ1v) is 20.1. The quantitative estimate of drug-likeness (QED) is 0.0387. The number of unbranched alkanes of at least 4 members (excludes halogenated alkanes) is 18. The summed E-state index contributed by atoms with van der Waals surface area (Å²) in [4.78, 5) is 0. The average molecular weight is 643 g/mol. The first kappa shape index (κ1) is 41.8. The van der Waals surface area contributed by atoms with Gasteiger partial charge in [0.15, 0.2) is 0 Å². The van der Waals surface area contributed by atoms with Crippen LogP contribution in [0.2, 0.25) is 0 Å². The minimum Gasteiger partial charge on any atom is -0.331 e. The van der Waals surface area contributed by atoms with E-state index in [9.17, 15) is 0 Å². The lowest BCUT2D eigenvalue weighted by atomic mass is 10.1. The molecule has 0 aliphatic heterocycles. The van der Waals surface area contributed by atoms with Crippen LogP contribution in [-0.2, 0) is 28.4 Å². The summed E-state index contributed by atoms with van der Waals surface area (Å²) in [7, 11) is 16.0. The van der Waals surface area contributed by atoms with Gasteiger partial charge in [0.1, 0.15) is 0 Å². The minimum atomic E-state index is -0.854. The van der Waals surface area contributed by atoms with Crippen LogP contribution in [0.4, 0.5) is 0 Å². The van der Waals surface area contributed by atoms with E-state index >= 15 is 0 Å². The molecule has 41 heavy (non-hydrogen) atoms. The van der Waals surface area contributed by atoms with E-state index in [-0.39, 0.29) is 0 Å². The molecule has 0 radical (unpaired) electrons. The Morgan fingerprint density at radius 1 is 0.317 bits per heavy atom.